The number of anilines is 1. The number of hydrogen-bond acceptors (Lipinski definition) is 4. The Morgan fingerprint density at radius 1 is 1.04 bits per heavy atom. The van der Waals surface area contributed by atoms with Gasteiger partial charge in [-0.2, -0.15) is 10.4 Å². The minimum Gasteiger partial charge on any atom is -0.381 e. The molecule has 0 saturated carbocycles. The second kappa shape index (κ2) is 5.73. The van der Waals surface area contributed by atoms with Gasteiger partial charge >= 0.3 is 0 Å². The molecular formula is C19H12FN5. The van der Waals surface area contributed by atoms with Crippen molar-refractivity contribution in [1.82, 2.24) is 15.2 Å². The monoisotopic (exact) mass is 329 g/mol. The van der Waals surface area contributed by atoms with E-state index in [0.717, 1.165) is 5.56 Å². The van der Waals surface area contributed by atoms with Gasteiger partial charge in [0.15, 0.2) is 11.6 Å². The maximum Gasteiger partial charge on any atom is 0.163 e. The lowest BCUT2D eigenvalue weighted by atomic mass is 10.0. The topological polar surface area (TPSA) is 91.4 Å². The van der Waals surface area contributed by atoms with E-state index in [1.54, 1.807) is 12.1 Å². The van der Waals surface area contributed by atoms with Crippen LogP contribution in [0.1, 0.15) is 5.56 Å². The first-order valence-electron chi connectivity index (χ1n) is 7.58. The van der Waals surface area contributed by atoms with Crippen molar-refractivity contribution in [2.75, 3.05) is 5.73 Å². The molecule has 3 N–H and O–H groups in total. The van der Waals surface area contributed by atoms with Gasteiger partial charge in [0.2, 0.25) is 0 Å². The lowest BCUT2D eigenvalue weighted by molar-refractivity contribution is 0.639. The second-order valence-electron chi connectivity index (χ2n) is 5.53. The van der Waals surface area contributed by atoms with Gasteiger partial charge in [0.25, 0.3) is 0 Å². The van der Waals surface area contributed by atoms with E-state index in [1.165, 1.54) is 0 Å². The van der Waals surface area contributed by atoms with E-state index in [4.69, 9.17) is 5.73 Å². The van der Waals surface area contributed by atoms with Crippen LogP contribution in [0.5, 0.6) is 0 Å². The van der Waals surface area contributed by atoms with Gasteiger partial charge in [-0.15, -0.1) is 0 Å². The zero-order chi connectivity index (χ0) is 17.4. The first-order valence-corrected chi connectivity index (χ1v) is 7.58. The Bertz CT molecular complexity index is 1130. The Hall–Kier alpha value is -3.72. The van der Waals surface area contributed by atoms with Crippen molar-refractivity contribution in [3.63, 3.8) is 0 Å². The Morgan fingerprint density at radius 2 is 1.80 bits per heavy atom. The van der Waals surface area contributed by atoms with E-state index in [-0.39, 0.29) is 28.2 Å². The molecule has 0 saturated heterocycles. The molecule has 2 aromatic carbocycles. The summed E-state index contributed by atoms with van der Waals surface area (Å²) < 4.78 is 15.1. The molecule has 0 bridgehead atoms. The van der Waals surface area contributed by atoms with Crippen LogP contribution in [0.2, 0.25) is 0 Å². The number of nitrogen functional groups attached to an aromatic ring is 1. The van der Waals surface area contributed by atoms with E-state index in [9.17, 15) is 5.26 Å². The highest BCUT2D eigenvalue weighted by atomic mass is 19.1. The van der Waals surface area contributed by atoms with Gasteiger partial charge in [0.05, 0.1) is 11.4 Å². The predicted octanol–water partition coefficient (Wildman–Crippen LogP) is 3.88. The fraction of sp³-hybridized carbons (Fsp3) is 0. The van der Waals surface area contributed by atoms with Crippen LogP contribution < -0.4 is 5.73 Å². The molecule has 0 fully saturated rings. The molecule has 4 aromatic rings. The molecule has 4 rings (SSSR count). The van der Waals surface area contributed by atoms with Gasteiger partial charge in [-0.05, 0) is 12.1 Å². The highest BCUT2D eigenvalue weighted by Gasteiger charge is 2.18. The quantitative estimate of drug-likeness (QED) is 0.584. The Morgan fingerprint density at radius 3 is 2.56 bits per heavy atom. The van der Waals surface area contributed by atoms with Gasteiger partial charge in [-0.3, -0.25) is 5.10 Å². The fourth-order valence-corrected chi connectivity index (χ4v) is 2.78. The van der Waals surface area contributed by atoms with Crippen molar-refractivity contribution in [3.05, 3.63) is 66.0 Å². The maximum atomic E-state index is 15.1. The maximum absolute atomic E-state index is 15.1. The van der Waals surface area contributed by atoms with Crippen LogP contribution in [0.4, 0.5) is 10.2 Å². The van der Waals surface area contributed by atoms with Crippen LogP contribution in [0.3, 0.4) is 0 Å². The van der Waals surface area contributed by atoms with E-state index in [1.807, 2.05) is 48.5 Å². The number of rotatable bonds is 2. The summed E-state index contributed by atoms with van der Waals surface area (Å²) in [5.41, 5.74) is 8.05. The van der Waals surface area contributed by atoms with Crippen molar-refractivity contribution >= 4 is 16.7 Å². The molecule has 0 aliphatic carbocycles. The summed E-state index contributed by atoms with van der Waals surface area (Å²) in [5, 5.41) is 16.3. The van der Waals surface area contributed by atoms with Crippen molar-refractivity contribution in [2.45, 2.75) is 0 Å². The summed E-state index contributed by atoms with van der Waals surface area (Å²) >= 11 is 0. The van der Waals surface area contributed by atoms with Crippen molar-refractivity contribution < 1.29 is 4.39 Å². The molecule has 2 aromatic heterocycles. The summed E-state index contributed by atoms with van der Waals surface area (Å²) in [7, 11) is 0. The summed E-state index contributed by atoms with van der Waals surface area (Å²) in [5.74, 6) is -0.474. The van der Waals surface area contributed by atoms with Crippen LogP contribution in [-0.2, 0) is 0 Å². The van der Waals surface area contributed by atoms with E-state index < -0.39 is 5.82 Å². The normalized spacial score (nSPS) is 10.7. The highest BCUT2D eigenvalue weighted by molar-refractivity contribution is 5.88. The second-order valence-corrected chi connectivity index (χ2v) is 5.53. The van der Waals surface area contributed by atoms with E-state index in [2.05, 4.69) is 15.2 Å². The third kappa shape index (κ3) is 2.39. The number of aromatic nitrogens is 3. The Kier molecular flexibility index (Phi) is 3.40. The molecule has 120 valence electrons. The number of pyridine rings is 1. The number of nitrogens with two attached hydrogens (primary N) is 1. The molecule has 5 nitrogen and oxygen atoms in total. The molecule has 0 aliphatic heterocycles. The number of hydrogen-bond donors (Lipinski definition) is 2. The smallest absolute Gasteiger partial charge is 0.163 e. The number of nitrogens with one attached hydrogen (secondary N) is 1. The molecule has 0 spiro atoms. The molecular weight excluding hydrogens is 317 g/mol. The molecule has 6 heteroatoms. The molecule has 0 amide bonds. The molecule has 0 aliphatic rings. The van der Waals surface area contributed by atoms with Crippen LogP contribution in [0, 0.1) is 17.1 Å². The lowest BCUT2D eigenvalue weighted by Gasteiger charge is -2.07. The molecule has 2 heterocycles. The molecule has 0 radical (unpaired) electrons. The van der Waals surface area contributed by atoms with Crippen molar-refractivity contribution in [2.24, 2.45) is 0 Å². The zero-order valence-corrected chi connectivity index (χ0v) is 13.0. The standard InChI is InChI=1S/C19H12FN5/c20-16-13(18-14(10-21)19(22)25-24-18)8-6-12-7-9-15(23-17(12)16)11-4-2-1-3-5-11/h1-9H,(H3,22,24,25). The van der Waals surface area contributed by atoms with Crippen LogP contribution >= 0.6 is 0 Å². The first kappa shape index (κ1) is 14.8. The minimum atomic E-state index is -0.518. The molecule has 0 unspecified atom stereocenters. The average molecular weight is 329 g/mol. The fourth-order valence-electron chi connectivity index (χ4n) is 2.78. The summed E-state index contributed by atoms with van der Waals surface area (Å²) in [4.78, 5) is 4.47. The summed E-state index contributed by atoms with van der Waals surface area (Å²) in [6, 6.07) is 18.5. The Balaban J connectivity index is 1.94. The number of nitrogens with zero attached hydrogens (tertiary/aromatic N) is 3. The Labute approximate surface area is 142 Å². The van der Waals surface area contributed by atoms with Crippen molar-refractivity contribution in [3.8, 4) is 28.6 Å². The SMILES string of the molecule is N#Cc1c(N)n[nH]c1-c1ccc2ccc(-c3ccccc3)nc2c1F. The third-order valence-corrected chi connectivity index (χ3v) is 4.05. The van der Waals surface area contributed by atoms with Crippen LogP contribution in [0.15, 0.2) is 54.6 Å². The molecule has 0 atom stereocenters. The van der Waals surface area contributed by atoms with Gasteiger partial charge in [-0.1, -0.05) is 42.5 Å². The highest BCUT2D eigenvalue weighted by Crippen LogP contribution is 2.31. The molecule has 25 heavy (non-hydrogen) atoms. The number of aromatic amines is 1. The number of benzene rings is 2. The number of H-pyrrole nitrogens is 1. The predicted molar refractivity (Wildman–Crippen MR) is 93.8 cm³/mol. The minimum absolute atomic E-state index is 0.0444. The van der Waals surface area contributed by atoms with Gasteiger partial charge < -0.3 is 5.73 Å². The van der Waals surface area contributed by atoms with E-state index >= 15 is 4.39 Å². The van der Waals surface area contributed by atoms with Gasteiger partial charge in [0, 0.05) is 16.5 Å². The zero-order valence-electron chi connectivity index (χ0n) is 13.0. The first-order chi connectivity index (χ1) is 12.2. The van der Waals surface area contributed by atoms with E-state index in [0.29, 0.717) is 11.1 Å². The van der Waals surface area contributed by atoms with Gasteiger partial charge in [0.1, 0.15) is 17.1 Å². The number of halogens is 1. The van der Waals surface area contributed by atoms with Crippen molar-refractivity contribution in [1.29, 1.82) is 5.26 Å². The average Bonchev–Trinajstić information content (AvgIpc) is 3.03. The number of fused-ring (bicyclic) bond motifs is 1. The largest absolute Gasteiger partial charge is 0.381 e. The third-order valence-electron chi connectivity index (χ3n) is 4.05. The number of nitriles is 1. The van der Waals surface area contributed by atoms with Crippen LogP contribution in [-0.4, -0.2) is 15.2 Å². The van der Waals surface area contributed by atoms with Gasteiger partial charge in [-0.25, -0.2) is 9.37 Å². The van der Waals surface area contributed by atoms with Crippen LogP contribution in [0.25, 0.3) is 33.4 Å². The lowest BCUT2D eigenvalue weighted by Crippen LogP contribution is -1.94. The summed E-state index contributed by atoms with van der Waals surface area (Å²) in [6.07, 6.45) is 0. The summed E-state index contributed by atoms with van der Waals surface area (Å²) in [6.45, 7) is 0.